The van der Waals surface area contributed by atoms with Crippen molar-refractivity contribution in [1.82, 2.24) is 4.98 Å². The molecular weight excluding hydrogens is 194 g/mol. The number of carbonyl (C=O) groups is 1. The Balaban J connectivity index is 2.77. The fourth-order valence-corrected chi connectivity index (χ4v) is 1.51. The molecule has 6 heteroatoms. The highest BCUT2D eigenvalue weighted by atomic mass is 32.1. The number of nitrogens with one attached hydrogen (secondary N) is 1. The quantitative estimate of drug-likeness (QED) is 0.692. The smallest absolute Gasteiger partial charge is 0.221 e. The Morgan fingerprint density at radius 2 is 2.50 bits per heavy atom. The summed E-state index contributed by atoms with van der Waals surface area (Å²) in [4.78, 5) is 14.7. The molecule has 1 aromatic heterocycles. The van der Waals surface area contributed by atoms with Crippen molar-refractivity contribution in [3.8, 4) is 0 Å². The maximum absolute atomic E-state index is 10.6. The number of carbonyl (C=O) groups excluding carboxylic acids is 1. The van der Waals surface area contributed by atoms with Gasteiger partial charge in [-0.1, -0.05) is 23.6 Å². The first-order valence-corrected chi connectivity index (χ1v) is 4.35. The van der Waals surface area contributed by atoms with Crippen LogP contribution in [0.3, 0.4) is 0 Å². The lowest BCUT2D eigenvalue weighted by atomic mass is 10.6. The summed E-state index contributed by atoms with van der Waals surface area (Å²) in [5.74, 6) is -0.131. The molecule has 0 bridgehead atoms. The van der Waals surface area contributed by atoms with E-state index >= 15 is 0 Å². The molecule has 0 aliphatic heterocycles. The third-order valence-corrected chi connectivity index (χ3v) is 2.28. The number of rotatable bonds is 2. The molecule has 0 fully saturated rings. The van der Waals surface area contributed by atoms with Crippen LogP contribution in [0.5, 0.6) is 0 Å². The van der Waals surface area contributed by atoms with Gasteiger partial charge in [0.15, 0.2) is 5.01 Å². The predicted molar refractivity (Wildman–Crippen MR) is 52.3 cm³/mol. The van der Waals surface area contributed by atoms with Crippen molar-refractivity contribution < 1.29 is 4.79 Å². The van der Waals surface area contributed by atoms with Gasteiger partial charge in [0.05, 0.1) is 6.20 Å². The molecular formula is C6H7N3OS2. The van der Waals surface area contributed by atoms with Crippen molar-refractivity contribution in [2.45, 2.75) is 6.92 Å². The first-order chi connectivity index (χ1) is 5.59. The number of aromatic nitrogens is 1. The minimum atomic E-state index is -0.131. The summed E-state index contributed by atoms with van der Waals surface area (Å²) in [7, 11) is 0. The predicted octanol–water partition coefficient (Wildman–Crippen LogP) is 0.736. The van der Waals surface area contributed by atoms with Crippen molar-refractivity contribution in [2.24, 2.45) is 5.73 Å². The van der Waals surface area contributed by atoms with Crippen LogP contribution in [0, 0.1) is 0 Å². The van der Waals surface area contributed by atoms with Crippen LogP contribution in [0.25, 0.3) is 0 Å². The second kappa shape index (κ2) is 3.59. The van der Waals surface area contributed by atoms with E-state index in [-0.39, 0.29) is 10.9 Å². The summed E-state index contributed by atoms with van der Waals surface area (Å²) in [6, 6.07) is 0. The van der Waals surface area contributed by atoms with Gasteiger partial charge in [0.25, 0.3) is 0 Å². The standard InChI is InChI=1S/C6H7N3OS2/c1-3(10)9-4-2-8-6(12-4)5(7)11/h2H,1H3,(H2,7,11)(H,9,10). The third-order valence-electron chi connectivity index (χ3n) is 1.02. The fourth-order valence-electron chi connectivity index (χ4n) is 0.619. The van der Waals surface area contributed by atoms with Gasteiger partial charge < -0.3 is 11.1 Å². The van der Waals surface area contributed by atoms with Crippen LogP contribution in [0.4, 0.5) is 5.00 Å². The average molecular weight is 201 g/mol. The molecule has 0 aliphatic carbocycles. The maximum Gasteiger partial charge on any atom is 0.221 e. The van der Waals surface area contributed by atoms with Gasteiger partial charge in [0.1, 0.15) is 9.99 Å². The van der Waals surface area contributed by atoms with Crippen LogP contribution in [-0.2, 0) is 4.79 Å². The molecule has 3 N–H and O–H groups in total. The second-order valence-electron chi connectivity index (χ2n) is 2.08. The Kier molecular flexibility index (Phi) is 2.72. The monoisotopic (exact) mass is 201 g/mol. The Hall–Kier alpha value is -1.01. The minimum absolute atomic E-state index is 0.131. The van der Waals surface area contributed by atoms with Gasteiger partial charge in [-0.2, -0.15) is 0 Å². The number of hydrogen-bond donors (Lipinski definition) is 2. The van der Waals surface area contributed by atoms with Gasteiger partial charge in [-0.05, 0) is 0 Å². The Morgan fingerprint density at radius 1 is 1.83 bits per heavy atom. The highest BCUT2D eigenvalue weighted by molar-refractivity contribution is 7.81. The van der Waals surface area contributed by atoms with E-state index in [4.69, 9.17) is 18.0 Å². The Labute approximate surface area is 78.8 Å². The van der Waals surface area contributed by atoms with Crippen molar-refractivity contribution >= 4 is 39.5 Å². The number of thiazole rings is 1. The molecule has 64 valence electrons. The van der Waals surface area contributed by atoms with Crippen LogP contribution >= 0.6 is 23.6 Å². The third kappa shape index (κ3) is 2.24. The number of nitrogens with zero attached hydrogens (tertiary/aromatic N) is 1. The molecule has 0 radical (unpaired) electrons. The molecule has 0 aliphatic rings. The molecule has 1 rings (SSSR count). The van der Waals surface area contributed by atoms with E-state index in [1.807, 2.05) is 0 Å². The van der Waals surface area contributed by atoms with E-state index in [1.54, 1.807) is 0 Å². The van der Waals surface area contributed by atoms with Gasteiger partial charge >= 0.3 is 0 Å². The molecule has 1 aromatic rings. The largest absolute Gasteiger partial charge is 0.387 e. The molecule has 0 spiro atoms. The van der Waals surface area contributed by atoms with Crippen molar-refractivity contribution in [2.75, 3.05) is 5.32 Å². The van der Waals surface area contributed by atoms with E-state index in [9.17, 15) is 4.79 Å². The summed E-state index contributed by atoms with van der Waals surface area (Å²) in [5, 5.41) is 3.80. The van der Waals surface area contributed by atoms with Crippen LogP contribution in [0.15, 0.2) is 6.20 Å². The Bertz CT molecular complexity index is 320. The normalized spacial score (nSPS) is 9.42. The molecule has 4 nitrogen and oxygen atoms in total. The van der Waals surface area contributed by atoms with Crippen LogP contribution in [0.1, 0.15) is 11.9 Å². The van der Waals surface area contributed by atoms with Gasteiger partial charge in [0, 0.05) is 6.92 Å². The van der Waals surface area contributed by atoms with Crippen molar-refractivity contribution in [1.29, 1.82) is 0 Å². The highest BCUT2D eigenvalue weighted by Crippen LogP contribution is 2.17. The van der Waals surface area contributed by atoms with E-state index in [2.05, 4.69) is 10.3 Å². The summed E-state index contributed by atoms with van der Waals surface area (Å²) >= 11 is 5.96. The topological polar surface area (TPSA) is 68.0 Å². The lowest BCUT2D eigenvalue weighted by Gasteiger charge is -1.92. The molecule has 0 aromatic carbocycles. The van der Waals surface area contributed by atoms with Crippen molar-refractivity contribution in [3.05, 3.63) is 11.2 Å². The summed E-state index contributed by atoms with van der Waals surface area (Å²) in [6.07, 6.45) is 1.53. The fraction of sp³-hybridized carbons (Fsp3) is 0.167. The van der Waals surface area contributed by atoms with Gasteiger partial charge in [-0.25, -0.2) is 4.98 Å². The van der Waals surface area contributed by atoms with E-state index in [1.165, 1.54) is 24.5 Å². The zero-order valence-electron chi connectivity index (χ0n) is 6.33. The maximum atomic E-state index is 10.6. The number of amides is 1. The molecule has 0 atom stereocenters. The first-order valence-electron chi connectivity index (χ1n) is 3.13. The van der Waals surface area contributed by atoms with Crippen LogP contribution in [-0.4, -0.2) is 15.9 Å². The average Bonchev–Trinajstić information content (AvgIpc) is 2.34. The molecule has 1 heterocycles. The highest BCUT2D eigenvalue weighted by Gasteiger charge is 2.04. The number of hydrogen-bond acceptors (Lipinski definition) is 4. The zero-order chi connectivity index (χ0) is 9.14. The van der Waals surface area contributed by atoms with Crippen molar-refractivity contribution in [3.63, 3.8) is 0 Å². The van der Waals surface area contributed by atoms with Crippen LogP contribution < -0.4 is 11.1 Å². The minimum Gasteiger partial charge on any atom is -0.387 e. The molecule has 0 unspecified atom stereocenters. The lowest BCUT2D eigenvalue weighted by molar-refractivity contribution is -0.114. The van der Waals surface area contributed by atoms with Gasteiger partial charge in [-0.3, -0.25) is 4.79 Å². The van der Waals surface area contributed by atoms with Gasteiger partial charge in [-0.15, -0.1) is 0 Å². The number of nitrogens with two attached hydrogens (primary N) is 1. The molecule has 0 saturated heterocycles. The van der Waals surface area contributed by atoms with E-state index in [0.717, 1.165) is 0 Å². The second-order valence-corrected chi connectivity index (χ2v) is 3.55. The molecule has 1 amide bonds. The first kappa shape index (κ1) is 9.08. The lowest BCUT2D eigenvalue weighted by Crippen LogP contribution is -2.08. The SMILES string of the molecule is CC(=O)Nc1cnc(C(N)=S)s1. The summed E-state index contributed by atoms with van der Waals surface area (Å²) in [6.45, 7) is 1.43. The zero-order valence-corrected chi connectivity index (χ0v) is 7.96. The molecule has 12 heavy (non-hydrogen) atoms. The molecule has 0 saturated carbocycles. The Morgan fingerprint density at radius 3 is 2.92 bits per heavy atom. The number of thiocarbonyl (C=S) groups is 1. The number of anilines is 1. The van der Waals surface area contributed by atoms with Crippen LogP contribution in [0.2, 0.25) is 0 Å². The summed E-state index contributed by atoms with van der Waals surface area (Å²) in [5.41, 5.74) is 5.32. The van der Waals surface area contributed by atoms with E-state index in [0.29, 0.717) is 10.0 Å². The van der Waals surface area contributed by atoms with E-state index < -0.39 is 0 Å². The summed E-state index contributed by atoms with van der Waals surface area (Å²) < 4.78 is 0. The van der Waals surface area contributed by atoms with Gasteiger partial charge in [0.2, 0.25) is 5.91 Å².